The number of nitrogens with one attached hydrogen (secondary N) is 2. The third-order valence-corrected chi connectivity index (χ3v) is 3.40. The van der Waals surface area contributed by atoms with Crippen molar-refractivity contribution in [2.24, 2.45) is 0 Å². The highest BCUT2D eigenvalue weighted by atomic mass is 16.3. The summed E-state index contributed by atoms with van der Waals surface area (Å²) in [5, 5.41) is 15.1. The Bertz CT molecular complexity index is 605. The number of aryl methyl sites for hydroxylation is 1. The molecule has 0 bridgehead atoms. The molecule has 0 aliphatic heterocycles. The molecule has 1 atom stereocenters. The van der Waals surface area contributed by atoms with E-state index in [1.807, 2.05) is 38.1 Å². The van der Waals surface area contributed by atoms with Gasteiger partial charge in [-0.1, -0.05) is 24.6 Å². The normalized spacial score (nSPS) is 11.8. The first-order valence-electron chi connectivity index (χ1n) is 7.34. The molecule has 1 amide bonds. The smallest absolute Gasteiger partial charge is 0.257 e. The summed E-state index contributed by atoms with van der Waals surface area (Å²) in [5.74, 6) is 0.449. The first kappa shape index (κ1) is 16.0. The molecule has 0 fully saturated rings. The molecule has 1 aromatic carbocycles. The summed E-state index contributed by atoms with van der Waals surface area (Å²) in [4.78, 5) is 16.3. The number of aliphatic hydroxyl groups is 1. The number of aromatic nitrogens is 1. The Morgan fingerprint density at radius 2 is 1.95 bits per heavy atom. The van der Waals surface area contributed by atoms with E-state index in [9.17, 15) is 4.79 Å². The zero-order valence-electron chi connectivity index (χ0n) is 12.8. The Morgan fingerprint density at radius 3 is 2.50 bits per heavy atom. The summed E-state index contributed by atoms with van der Waals surface area (Å²) in [6.45, 7) is 4.03. The number of rotatable bonds is 6. The highest BCUT2D eigenvalue weighted by Gasteiger charge is 2.08. The van der Waals surface area contributed by atoms with Crippen LogP contribution in [-0.4, -0.2) is 28.6 Å². The molecule has 0 saturated carbocycles. The zero-order valence-corrected chi connectivity index (χ0v) is 12.8. The predicted octanol–water partition coefficient (Wildman–Crippen LogP) is 2.83. The van der Waals surface area contributed by atoms with E-state index in [1.54, 1.807) is 12.1 Å². The molecule has 0 radical (unpaired) electrons. The van der Waals surface area contributed by atoms with Crippen molar-refractivity contribution in [3.63, 3.8) is 0 Å². The van der Waals surface area contributed by atoms with Crippen LogP contribution in [0.15, 0.2) is 42.6 Å². The molecular weight excluding hydrogens is 278 g/mol. The summed E-state index contributed by atoms with van der Waals surface area (Å²) in [7, 11) is 0. The van der Waals surface area contributed by atoms with E-state index in [-0.39, 0.29) is 18.6 Å². The number of pyridine rings is 1. The van der Waals surface area contributed by atoms with E-state index in [4.69, 9.17) is 5.11 Å². The number of benzene rings is 1. The van der Waals surface area contributed by atoms with Gasteiger partial charge in [-0.2, -0.15) is 0 Å². The molecular formula is C17H21N3O2. The highest BCUT2D eigenvalue weighted by Crippen LogP contribution is 2.12. The van der Waals surface area contributed by atoms with Gasteiger partial charge in [0.25, 0.3) is 5.91 Å². The second-order valence-electron chi connectivity index (χ2n) is 5.18. The Hall–Kier alpha value is -2.40. The van der Waals surface area contributed by atoms with E-state index in [0.717, 1.165) is 17.7 Å². The second-order valence-corrected chi connectivity index (χ2v) is 5.18. The number of aliphatic hydroxyl groups excluding tert-OH is 1. The molecule has 0 saturated heterocycles. The fourth-order valence-electron chi connectivity index (χ4n) is 1.94. The van der Waals surface area contributed by atoms with Crippen molar-refractivity contribution in [3.8, 4) is 0 Å². The number of hydrogen-bond acceptors (Lipinski definition) is 4. The SMILES string of the molecule is CC[C@H](CO)Nc1ccc(C(=O)Nc2ccc(C)cc2)cn1. The molecule has 0 aliphatic rings. The molecule has 2 aromatic rings. The topological polar surface area (TPSA) is 74.2 Å². The van der Waals surface area contributed by atoms with Crippen LogP contribution < -0.4 is 10.6 Å². The quantitative estimate of drug-likeness (QED) is 0.767. The molecule has 3 N–H and O–H groups in total. The second kappa shape index (κ2) is 7.56. The van der Waals surface area contributed by atoms with Crippen molar-refractivity contribution in [3.05, 3.63) is 53.7 Å². The van der Waals surface area contributed by atoms with Crippen molar-refractivity contribution in [1.82, 2.24) is 4.98 Å². The fraction of sp³-hybridized carbons (Fsp3) is 0.294. The van der Waals surface area contributed by atoms with E-state index >= 15 is 0 Å². The van der Waals surface area contributed by atoms with Gasteiger partial charge in [-0.05, 0) is 37.6 Å². The van der Waals surface area contributed by atoms with Crippen LogP contribution in [-0.2, 0) is 0 Å². The first-order valence-corrected chi connectivity index (χ1v) is 7.34. The third kappa shape index (κ3) is 4.30. The monoisotopic (exact) mass is 299 g/mol. The van der Waals surface area contributed by atoms with Crippen molar-refractivity contribution < 1.29 is 9.90 Å². The molecule has 1 heterocycles. The van der Waals surface area contributed by atoms with Gasteiger partial charge in [-0.3, -0.25) is 4.79 Å². The lowest BCUT2D eigenvalue weighted by Gasteiger charge is -2.14. The summed E-state index contributed by atoms with van der Waals surface area (Å²) in [5.41, 5.74) is 2.39. The Morgan fingerprint density at radius 1 is 1.23 bits per heavy atom. The minimum atomic E-state index is -0.197. The Labute approximate surface area is 130 Å². The summed E-state index contributed by atoms with van der Waals surface area (Å²) in [6.07, 6.45) is 2.32. The first-order chi connectivity index (χ1) is 10.6. The van der Waals surface area contributed by atoms with Gasteiger partial charge < -0.3 is 15.7 Å². The molecule has 2 rings (SSSR count). The average molecular weight is 299 g/mol. The van der Waals surface area contributed by atoms with Gasteiger partial charge in [0.05, 0.1) is 18.2 Å². The largest absolute Gasteiger partial charge is 0.394 e. The molecule has 0 aliphatic carbocycles. The highest BCUT2D eigenvalue weighted by molar-refractivity contribution is 6.04. The van der Waals surface area contributed by atoms with Crippen LogP contribution in [0.3, 0.4) is 0 Å². The maximum absolute atomic E-state index is 12.1. The third-order valence-electron chi connectivity index (χ3n) is 3.40. The Balaban J connectivity index is 2.00. The van der Waals surface area contributed by atoms with E-state index in [2.05, 4.69) is 15.6 Å². The van der Waals surface area contributed by atoms with Gasteiger partial charge >= 0.3 is 0 Å². The van der Waals surface area contributed by atoms with Crippen molar-refractivity contribution in [2.75, 3.05) is 17.2 Å². The number of anilines is 2. The minimum absolute atomic E-state index is 0.0280. The molecule has 5 heteroatoms. The molecule has 5 nitrogen and oxygen atoms in total. The van der Waals surface area contributed by atoms with Gasteiger partial charge in [0, 0.05) is 11.9 Å². The van der Waals surface area contributed by atoms with Gasteiger partial charge in [0.1, 0.15) is 5.82 Å². The number of nitrogens with zero attached hydrogens (tertiary/aromatic N) is 1. The van der Waals surface area contributed by atoms with Crippen LogP contribution in [0.25, 0.3) is 0 Å². The van der Waals surface area contributed by atoms with Crippen molar-refractivity contribution in [1.29, 1.82) is 0 Å². The van der Waals surface area contributed by atoms with Gasteiger partial charge in [0.2, 0.25) is 0 Å². The molecule has 0 unspecified atom stereocenters. The number of carbonyl (C=O) groups excluding carboxylic acids is 1. The van der Waals surface area contributed by atoms with Crippen molar-refractivity contribution >= 4 is 17.4 Å². The van der Waals surface area contributed by atoms with E-state index in [1.165, 1.54) is 6.20 Å². The van der Waals surface area contributed by atoms with Gasteiger partial charge in [-0.15, -0.1) is 0 Å². The van der Waals surface area contributed by atoms with Gasteiger partial charge in [0.15, 0.2) is 0 Å². The van der Waals surface area contributed by atoms with Crippen LogP contribution in [0.1, 0.15) is 29.3 Å². The lowest BCUT2D eigenvalue weighted by atomic mass is 10.2. The van der Waals surface area contributed by atoms with E-state index in [0.29, 0.717) is 11.4 Å². The predicted molar refractivity (Wildman–Crippen MR) is 88.2 cm³/mol. The van der Waals surface area contributed by atoms with Crippen LogP contribution in [0, 0.1) is 6.92 Å². The summed E-state index contributed by atoms with van der Waals surface area (Å²) < 4.78 is 0. The fourth-order valence-corrected chi connectivity index (χ4v) is 1.94. The van der Waals surface area contributed by atoms with Crippen molar-refractivity contribution in [2.45, 2.75) is 26.3 Å². The number of amides is 1. The molecule has 116 valence electrons. The number of hydrogen-bond donors (Lipinski definition) is 3. The molecule has 1 aromatic heterocycles. The van der Waals surface area contributed by atoms with Crippen LogP contribution >= 0.6 is 0 Å². The summed E-state index contributed by atoms with van der Waals surface area (Å²) >= 11 is 0. The van der Waals surface area contributed by atoms with Crippen LogP contribution in [0.4, 0.5) is 11.5 Å². The summed E-state index contributed by atoms with van der Waals surface area (Å²) in [6, 6.07) is 11.0. The maximum Gasteiger partial charge on any atom is 0.257 e. The van der Waals surface area contributed by atoms with Crippen LogP contribution in [0.5, 0.6) is 0 Å². The average Bonchev–Trinajstić information content (AvgIpc) is 2.55. The Kier molecular flexibility index (Phi) is 5.49. The van der Waals surface area contributed by atoms with Crippen LogP contribution in [0.2, 0.25) is 0 Å². The number of carbonyl (C=O) groups is 1. The lowest BCUT2D eigenvalue weighted by Crippen LogP contribution is -2.23. The molecule has 22 heavy (non-hydrogen) atoms. The zero-order chi connectivity index (χ0) is 15.9. The minimum Gasteiger partial charge on any atom is -0.394 e. The van der Waals surface area contributed by atoms with E-state index < -0.39 is 0 Å². The standard InChI is InChI=1S/C17H21N3O2/c1-3-14(11-21)19-16-9-6-13(10-18-16)17(22)20-15-7-4-12(2)5-8-15/h4-10,14,21H,3,11H2,1-2H3,(H,18,19)(H,20,22)/t14-/m1/s1. The lowest BCUT2D eigenvalue weighted by molar-refractivity contribution is 0.102. The van der Waals surface area contributed by atoms with Gasteiger partial charge in [-0.25, -0.2) is 4.98 Å². The molecule has 0 spiro atoms. The maximum atomic E-state index is 12.1.